The van der Waals surface area contributed by atoms with E-state index in [0.29, 0.717) is 12.5 Å². The van der Waals surface area contributed by atoms with E-state index in [2.05, 4.69) is 38.1 Å². The van der Waals surface area contributed by atoms with Crippen molar-refractivity contribution in [2.75, 3.05) is 13.6 Å². The molecule has 1 aromatic carbocycles. The second-order valence-corrected chi connectivity index (χ2v) is 8.52. The van der Waals surface area contributed by atoms with Crippen molar-refractivity contribution in [3.8, 4) is 10.6 Å². The fourth-order valence-corrected chi connectivity index (χ4v) is 5.05. The topological polar surface area (TPSA) is 59.2 Å². The van der Waals surface area contributed by atoms with Gasteiger partial charge in [0.1, 0.15) is 5.01 Å². The summed E-state index contributed by atoms with van der Waals surface area (Å²) in [4.78, 5) is 20.8. The monoisotopic (exact) mass is 371 g/mol. The molecule has 1 aliphatic rings. The summed E-state index contributed by atoms with van der Waals surface area (Å²) in [6.45, 7) is 6.83. The highest BCUT2D eigenvalue weighted by Gasteiger charge is 2.35. The summed E-state index contributed by atoms with van der Waals surface area (Å²) in [6, 6.07) is 8.47. The third-order valence-electron chi connectivity index (χ3n) is 5.72. The maximum atomic E-state index is 13.0. The third kappa shape index (κ3) is 3.69. The number of carbonyl (C=O) groups is 1. The van der Waals surface area contributed by atoms with E-state index in [1.165, 1.54) is 10.4 Å². The van der Waals surface area contributed by atoms with Gasteiger partial charge in [0.15, 0.2) is 0 Å². The first-order valence-electron chi connectivity index (χ1n) is 9.43. The van der Waals surface area contributed by atoms with Gasteiger partial charge < -0.3 is 10.6 Å². The van der Waals surface area contributed by atoms with Gasteiger partial charge in [-0.3, -0.25) is 4.79 Å². The van der Waals surface area contributed by atoms with E-state index in [0.717, 1.165) is 35.5 Å². The molecule has 1 amide bonds. The van der Waals surface area contributed by atoms with Crippen molar-refractivity contribution in [1.29, 1.82) is 0 Å². The highest BCUT2D eigenvalue weighted by Crippen LogP contribution is 2.37. The van der Waals surface area contributed by atoms with E-state index in [9.17, 15) is 4.79 Å². The second kappa shape index (κ2) is 7.89. The third-order valence-corrected chi connectivity index (χ3v) is 7.09. The first-order valence-corrected chi connectivity index (χ1v) is 10.2. The van der Waals surface area contributed by atoms with Gasteiger partial charge in [-0.1, -0.05) is 36.2 Å². The Hall–Kier alpha value is -1.72. The van der Waals surface area contributed by atoms with Crippen LogP contribution in [-0.4, -0.2) is 29.4 Å². The first-order chi connectivity index (χ1) is 12.4. The van der Waals surface area contributed by atoms with E-state index >= 15 is 0 Å². The molecule has 0 spiro atoms. The molecule has 0 saturated heterocycles. The van der Waals surface area contributed by atoms with Gasteiger partial charge in [-0.15, -0.1) is 11.3 Å². The maximum absolute atomic E-state index is 13.0. The number of amides is 1. The lowest BCUT2D eigenvalue weighted by atomic mass is 9.94. The number of nitrogens with zero attached hydrogens (tertiary/aromatic N) is 2. The van der Waals surface area contributed by atoms with Crippen LogP contribution in [0.3, 0.4) is 0 Å². The van der Waals surface area contributed by atoms with Gasteiger partial charge in [-0.2, -0.15) is 0 Å². The number of benzene rings is 1. The van der Waals surface area contributed by atoms with Crippen molar-refractivity contribution in [3.05, 3.63) is 40.4 Å². The average Bonchev–Trinajstić information content (AvgIpc) is 3.27. The van der Waals surface area contributed by atoms with E-state index in [-0.39, 0.29) is 17.9 Å². The summed E-state index contributed by atoms with van der Waals surface area (Å²) < 4.78 is 0. The van der Waals surface area contributed by atoms with Crippen molar-refractivity contribution in [2.45, 2.75) is 46.1 Å². The molecule has 1 unspecified atom stereocenters. The molecule has 4 nitrogen and oxygen atoms in total. The minimum absolute atomic E-state index is 0.0261. The molecule has 2 aromatic rings. The number of hydrogen-bond acceptors (Lipinski definition) is 4. The van der Waals surface area contributed by atoms with Gasteiger partial charge in [0.05, 0.1) is 16.6 Å². The molecule has 3 rings (SSSR count). The largest absolute Gasteiger partial charge is 0.338 e. The van der Waals surface area contributed by atoms with Crippen LogP contribution in [0.15, 0.2) is 24.3 Å². The molecule has 1 saturated carbocycles. The molecule has 2 N–H and O–H groups in total. The zero-order chi connectivity index (χ0) is 18.8. The van der Waals surface area contributed by atoms with Crippen LogP contribution >= 0.6 is 11.3 Å². The number of aryl methyl sites for hydroxylation is 2. The van der Waals surface area contributed by atoms with Gasteiger partial charge in [-0.25, -0.2) is 4.98 Å². The van der Waals surface area contributed by atoms with E-state index in [1.54, 1.807) is 11.3 Å². The first kappa shape index (κ1) is 19.1. The molecule has 0 radical (unpaired) electrons. The molecule has 5 heteroatoms. The van der Waals surface area contributed by atoms with Crippen LogP contribution in [-0.2, 0) is 4.79 Å². The molecule has 3 atom stereocenters. The molecule has 1 heterocycles. The van der Waals surface area contributed by atoms with Crippen molar-refractivity contribution in [2.24, 2.45) is 17.6 Å². The molecule has 1 aliphatic carbocycles. The Bertz CT molecular complexity index is 768. The summed E-state index contributed by atoms with van der Waals surface area (Å²) in [5.41, 5.74) is 9.26. The molecule has 0 aliphatic heterocycles. The van der Waals surface area contributed by atoms with Crippen LogP contribution in [0.1, 0.15) is 48.4 Å². The van der Waals surface area contributed by atoms with Crippen molar-refractivity contribution < 1.29 is 4.79 Å². The van der Waals surface area contributed by atoms with Crippen molar-refractivity contribution in [1.82, 2.24) is 9.88 Å². The maximum Gasteiger partial charge on any atom is 0.226 e. The van der Waals surface area contributed by atoms with Gasteiger partial charge in [0.2, 0.25) is 5.91 Å². The smallest absolute Gasteiger partial charge is 0.226 e. The normalized spacial score (nSPS) is 21.0. The summed E-state index contributed by atoms with van der Waals surface area (Å²) in [5, 5.41) is 1.02. The summed E-state index contributed by atoms with van der Waals surface area (Å²) >= 11 is 1.69. The fraction of sp³-hybridized carbons (Fsp3) is 0.524. The minimum Gasteiger partial charge on any atom is -0.338 e. The number of thiazole rings is 1. The highest BCUT2D eigenvalue weighted by atomic mass is 32.1. The molecular weight excluding hydrogens is 342 g/mol. The minimum atomic E-state index is 0.0261. The lowest BCUT2D eigenvalue weighted by Gasteiger charge is -2.29. The lowest BCUT2D eigenvalue weighted by Crippen LogP contribution is -2.38. The van der Waals surface area contributed by atoms with Crippen LogP contribution in [0.25, 0.3) is 10.6 Å². The molecular formula is C21H29N3OS. The molecule has 140 valence electrons. The second-order valence-electron chi connectivity index (χ2n) is 7.49. The Kier molecular flexibility index (Phi) is 5.78. The summed E-state index contributed by atoms with van der Waals surface area (Å²) in [6.07, 6.45) is 3.15. The van der Waals surface area contributed by atoms with Crippen LogP contribution in [0, 0.1) is 25.7 Å². The molecule has 0 bridgehead atoms. The summed E-state index contributed by atoms with van der Waals surface area (Å²) in [7, 11) is 1.92. The van der Waals surface area contributed by atoms with E-state index < -0.39 is 0 Å². The molecule has 1 fully saturated rings. The number of carbonyl (C=O) groups excluding carboxylic acids is 1. The average molecular weight is 372 g/mol. The van der Waals surface area contributed by atoms with Gasteiger partial charge in [0.25, 0.3) is 0 Å². The van der Waals surface area contributed by atoms with E-state index in [1.807, 2.05) is 18.9 Å². The Labute approximate surface area is 160 Å². The van der Waals surface area contributed by atoms with Gasteiger partial charge >= 0.3 is 0 Å². The zero-order valence-electron chi connectivity index (χ0n) is 16.2. The van der Waals surface area contributed by atoms with Crippen LogP contribution in [0.4, 0.5) is 0 Å². The van der Waals surface area contributed by atoms with Gasteiger partial charge in [-0.05, 0) is 46.1 Å². The Morgan fingerprint density at radius 2 is 2.00 bits per heavy atom. The van der Waals surface area contributed by atoms with Gasteiger partial charge in [0, 0.05) is 18.5 Å². The SMILES string of the molecule is Cc1ccc(-c2nc(C)c(C(C)N(C)C(=O)[C@@H]3CCC[C@@H]3CN)s2)cc1. The molecule has 1 aromatic heterocycles. The lowest BCUT2D eigenvalue weighted by molar-refractivity contribution is -0.137. The number of hydrogen-bond donors (Lipinski definition) is 1. The van der Waals surface area contributed by atoms with Crippen molar-refractivity contribution in [3.63, 3.8) is 0 Å². The Morgan fingerprint density at radius 1 is 1.31 bits per heavy atom. The zero-order valence-corrected chi connectivity index (χ0v) is 17.0. The predicted octanol–water partition coefficient (Wildman–Crippen LogP) is 4.32. The number of aromatic nitrogens is 1. The number of nitrogens with two attached hydrogens (primary N) is 1. The summed E-state index contributed by atoms with van der Waals surface area (Å²) in [5.74, 6) is 0.648. The standard InChI is InChI=1S/C21H29N3OS/c1-13-8-10-16(11-9-13)20-23-14(2)19(26-20)15(3)24(4)21(25)18-7-5-6-17(18)12-22/h8-11,15,17-18H,5-7,12,22H2,1-4H3/t15?,17-,18-/m1/s1. The van der Waals surface area contributed by atoms with Crippen molar-refractivity contribution >= 4 is 17.2 Å². The van der Waals surface area contributed by atoms with Crippen LogP contribution in [0.5, 0.6) is 0 Å². The van der Waals surface area contributed by atoms with E-state index in [4.69, 9.17) is 10.7 Å². The molecule has 26 heavy (non-hydrogen) atoms. The Morgan fingerprint density at radius 3 is 2.65 bits per heavy atom. The fourth-order valence-electron chi connectivity index (χ4n) is 3.89. The quantitative estimate of drug-likeness (QED) is 0.851. The predicted molar refractivity (Wildman–Crippen MR) is 108 cm³/mol. The van der Waals surface area contributed by atoms with Crippen LogP contribution < -0.4 is 5.73 Å². The number of rotatable bonds is 5. The Balaban J connectivity index is 1.80. The highest BCUT2D eigenvalue weighted by molar-refractivity contribution is 7.15. The van der Waals surface area contributed by atoms with Crippen LogP contribution in [0.2, 0.25) is 0 Å².